The van der Waals surface area contributed by atoms with E-state index >= 15 is 0 Å². The van der Waals surface area contributed by atoms with Crippen molar-refractivity contribution in [3.05, 3.63) is 65.2 Å². The summed E-state index contributed by atoms with van der Waals surface area (Å²) in [6.45, 7) is 4.60. The van der Waals surface area contributed by atoms with Crippen LogP contribution in [0.2, 0.25) is 0 Å². The SMILES string of the molecule is CC1(C)CCc2ccccc2C1Nc1ccccc1C#N. The fourth-order valence-electron chi connectivity index (χ4n) is 3.20. The van der Waals surface area contributed by atoms with Crippen LogP contribution in [0.15, 0.2) is 48.5 Å². The molecule has 106 valence electrons. The molecule has 0 aliphatic heterocycles. The van der Waals surface area contributed by atoms with Crippen molar-refractivity contribution in [2.45, 2.75) is 32.7 Å². The molecule has 21 heavy (non-hydrogen) atoms. The summed E-state index contributed by atoms with van der Waals surface area (Å²) in [5.74, 6) is 0. The summed E-state index contributed by atoms with van der Waals surface area (Å²) in [6.07, 6.45) is 2.28. The van der Waals surface area contributed by atoms with Crippen molar-refractivity contribution in [3.63, 3.8) is 0 Å². The zero-order chi connectivity index (χ0) is 14.9. The van der Waals surface area contributed by atoms with Crippen LogP contribution in [0.25, 0.3) is 0 Å². The van der Waals surface area contributed by atoms with Crippen LogP contribution in [0.5, 0.6) is 0 Å². The monoisotopic (exact) mass is 276 g/mol. The molecule has 1 aliphatic rings. The van der Waals surface area contributed by atoms with Gasteiger partial charge < -0.3 is 5.32 Å². The minimum atomic E-state index is 0.164. The molecule has 2 heteroatoms. The van der Waals surface area contributed by atoms with Gasteiger partial charge in [-0.05, 0) is 41.5 Å². The Balaban J connectivity index is 2.02. The number of nitrogens with zero attached hydrogens (tertiary/aromatic N) is 1. The highest BCUT2D eigenvalue weighted by atomic mass is 14.9. The third-order valence-corrected chi connectivity index (χ3v) is 4.53. The van der Waals surface area contributed by atoms with Crippen molar-refractivity contribution in [3.8, 4) is 6.07 Å². The second-order valence-electron chi connectivity index (χ2n) is 6.42. The lowest BCUT2D eigenvalue weighted by atomic mass is 9.70. The van der Waals surface area contributed by atoms with E-state index in [0.717, 1.165) is 18.5 Å². The summed E-state index contributed by atoms with van der Waals surface area (Å²) >= 11 is 0. The fraction of sp³-hybridized carbons (Fsp3) is 0.316. The molecular weight excluding hydrogens is 256 g/mol. The van der Waals surface area contributed by atoms with Gasteiger partial charge in [0, 0.05) is 0 Å². The van der Waals surface area contributed by atoms with Crippen LogP contribution < -0.4 is 5.32 Å². The largest absolute Gasteiger partial charge is 0.377 e. The Bertz CT molecular complexity index is 695. The topological polar surface area (TPSA) is 35.8 Å². The van der Waals surface area contributed by atoms with E-state index in [4.69, 9.17) is 0 Å². The molecule has 2 aromatic rings. The van der Waals surface area contributed by atoms with Crippen LogP contribution >= 0.6 is 0 Å². The molecule has 1 aliphatic carbocycles. The quantitative estimate of drug-likeness (QED) is 0.864. The number of aryl methyl sites for hydroxylation is 1. The fourth-order valence-corrected chi connectivity index (χ4v) is 3.20. The first-order valence-electron chi connectivity index (χ1n) is 7.45. The maximum atomic E-state index is 9.28. The van der Waals surface area contributed by atoms with E-state index in [9.17, 15) is 5.26 Å². The number of hydrogen-bond acceptors (Lipinski definition) is 2. The zero-order valence-electron chi connectivity index (χ0n) is 12.6. The van der Waals surface area contributed by atoms with E-state index in [0.29, 0.717) is 5.56 Å². The number of fused-ring (bicyclic) bond motifs is 1. The molecule has 0 saturated heterocycles. The van der Waals surface area contributed by atoms with Crippen LogP contribution in [0.4, 0.5) is 5.69 Å². The number of benzene rings is 2. The predicted octanol–water partition coefficient (Wildman–Crippen LogP) is 4.68. The second-order valence-corrected chi connectivity index (χ2v) is 6.42. The van der Waals surface area contributed by atoms with Crippen LogP contribution in [0.1, 0.15) is 43.0 Å². The molecule has 0 heterocycles. The van der Waals surface area contributed by atoms with Crippen LogP contribution in [0, 0.1) is 16.7 Å². The van der Waals surface area contributed by atoms with E-state index in [1.54, 1.807) is 0 Å². The summed E-state index contributed by atoms with van der Waals surface area (Å²) in [5.41, 5.74) is 4.58. The molecule has 0 aromatic heterocycles. The first-order chi connectivity index (χ1) is 10.1. The second kappa shape index (κ2) is 5.26. The normalized spacial score (nSPS) is 19.4. The number of para-hydroxylation sites is 1. The third-order valence-electron chi connectivity index (χ3n) is 4.53. The summed E-state index contributed by atoms with van der Waals surface area (Å²) in [4.78, 5) is 0. The van der Waals surface area contributed by atoms with E-state index < -0.39 is 0 Å². The van der Waals surface area contributed by atoms with Crippen molar-refractivity contribution in [2.24, 2.45) is 5.41 Å². The number of nitriles is 1. The van der Waals surface area contributed by atoms with Crippen molar-refractivity contribution in [2.75, 3.05) is 5.32 Å². The molecule has 0 spiro atoms. The van der Waals surface area contributed by atoms with Crippen molar-refractivity contribution >= 4 is 5.69 Å². The minimum absolute atomic E-state index is 0.164. The Morgan fingerprint density at radius 2 is 1.81 bits per heavy atom. The Kier molecular flexibility index (Phi) is 3.43. The lowest BCUT2D eigenvalue weighted by Gasteiger charge is -2.41. The molecule has 1 unspecified atom stereocenters. The van der Waals surface area contributed by atoms with Gasteiger partial charge in [-0.15, -0.1) is 0 Å². The Labute approximate surface area is 126 Å². The molecule has 1 N–H and O–H groups in total. The van der Waals surface area contributed by atoms with E-state index in [-0.39, 0.29) is 11.5 Å². The molecule has 0 bridgehead atoms. The molecule has 3 rings (SSSR count). The van der Waals surface area contributed by atoms with Gasteiger partial charge >= 0.3 is 0 Å². The highest BCUT2D eigenvalue weighted by Gasteiger charge is 2.35. The Morgan fingerprint density at radius 3 is 2.62 bits per heavy atom. The third kappa shape index (κ3) is 2.52. The van der Waals surface area contributed by atoms with Gasteiger partial charge in [0.25, 0.3) is 0 Å². The van der Waals surface area contributed by atoms with Gasteiger partial charge in [0.2, 0.25) is 0 Å². The molecule has 2 nitrogen and oxygen atoms in total. The van der Waals surface area contributed by atoms with Gasteiger partial charge in [-0.3, -0.25) is 0 Å². The zero-order valence-corrected chi connectivity index (χ0v) is 12.6. The summed E-state index contributed by atoms with van der Waals surface area (Å²) in [6, 6.07) is 18.9. The van der Waals surface area contributed by atoms with Gasteiger partial charge in [0.15, 0.2) is 0 Å². The molecule has 0 fully saturated rings. The molecule has 0 saturated carbocycles. The average molecular weight is 276 g/mol. The number of anilines is 1. The van der Waals surface area contributed by atoms with Crippen LogP contribution in [-0.4, -0.2) is 0 Å². The average Bonchev–Trinajstić information content (AvgIpc) is 2.50. The highest BCUT2D eigenvalue weighted by molar-refractivity contribution is 5.59. The maximum absolute atomic E-state index is 9.28. The van der Waals surface area contributed by atoms with E-state index in [1.807, 2.05) is 24.3 Å². The summed E-state index contributed by atoms with van der Waals surface area (Å²) < 4.78 is 0. The van der Waals surface area contributed by atoms with Crippen molar-refractivity contribution in [1.29, 1.82) is 5.26 Å². The van der Waals surface area contributed by atoms with E-state index in [2.05, 4.69) is 49.5 Å². The van der Waals surface area contributed by atoms with Crippen LogP contribution in [0.3, 0.4) is 0 Å². The van der Waals surface area contributed by atoms with Crippen molar-refractivity contribution < 1.29 is 0 Å². The van der Waals surface area contributed by atoms with Gasteiger partial charge in [-0.1, -0.05) is 50.2 Å². The molecule has 1 atom stereocenters. The lowest BCUT2D eigenvalue weighted by molar-refractivity contribution is 0.265. The number of hydrogen-bond donors (Lipinski definition) is 1. The molecule has 0 amide bonds. The lowest BCUT2D eigenvalue weighted by Crippen LogP contribution is -2.33. The van der Waals surface area contributed by atoms with Gasteiger partial charge in [-0.25, -0.2) is 0 Å². The van der Waals surface area contributed by atoms with Crippen molar-refractivity contribution in [1.82, 2.24) is 0 Å². The molecule has 2 aromatic carbocycles. The van der Waals surface area contributed by atoms with Gasteiger partial charge in [0.05, 0.1) is 17.3 Å². The number of rotatable bonds is 2. The smallest absolute Gasteiger partial charge is 0.101 e. The standard InChI is InChI=1S/C19H20N2/c1-19(2)12-11-14-7-3-5-9-16(14)18(19)21-17-10-6-4-8-15(17)13-20/h3-10,18,21H,11-12H2,1-2H3. The maximum Gasteiger partial charge on any atom is 0.101 e. The first kappa shape index (κ1) is 13.7. The van der Waals surface area contributed by atoms with Crippen LogP contribution in [-0.2, 0) is 6.42 Å². The number of nitrogens with one attached hydrogen (secondary N) is 1. The molecular formula is C19H20N2. The predicted molar refractivity (Wildman–Crippen MR) is 86.1 cm³/mol. The van der Waals surface area contributed by atoms with Gasteiger partial charge in [0.1, 0.15) is 6.07 Å². The molecule has 0 radical (unpaired) electrons. The summed E-state index contributed by atoms with van der Waals surface area (Å²) in [7, 11) is 0. The Morgan fingerprint density at radius 1 is 1.10 bits per heavy atom. The van der Waals surface area contributed by atoms with Gasteiger partial charge in [-0.2, -0.15) is 5.26 Å². The highest BCUT2D eigenvalue weighted by Crippen LogP contribution is 2.45. The summed E-state index contributed by atoms with van der Waals surface area (Å²) in [5, 5.41) is 12.9. The minimum Gasteiger partial charge on any atom is -0.377 e. The first-order valence-corrected chi connectivity index (χ1v) is 7.45. The Hall–Kier alpha value is -2.27. The van der Waals surface area contributed by atoms with E-state index in [1.165, 1.54) is 11.1 Å².